The van der Waals surface area contributed by atoms with Gasteiger partial charge in [-0.25, -0.2) is 0 Å². The number of anilines is 3. The molecule has 0 unspecified atom stereocenters. The topological polar surface area (TPSA) is 131 Å². The SMILES string of the molecule is COc1ccccc1Nc1nc(N)nc(CN2CCC(NC(=O)c3ccc(C)o3)CC2)n1. The number of methoxy groups -OCH3 is 1. The summed E-state index contributed by atoms with van der Waals surface area (Å²) in [6.45, 7) is 3.98. The van der Waals surface area contributed by atoms with E-state index in [2.05, 4.69) is 30.5 Å². The Kier molecular flexibility index (Phi) is 6.50. The first-order valence-corrected chi connectivity index (χ1v) is 10.5. The zero-order chi connectivity index (χ0) is 22.5. The van der Waals surface area contributed by atoms with Crippen molar-refractivity contribution in [2.24, 2.45) is 0 Å². The predicted molar refractivity (Wildman–Crippen MR) is 120 cm³/mol. The summed E-state index contributed by atoms with van der Waals surface area (Å²) < 4.78 is 10.8. The molecule has 4 rings (SSSR count). The minimum atomic E-state index is -0.172. The zero-order valence-electron chi connectivity index (χ0n) is 18.2. The molecule has 4 N–H and O–H groups in total. The molecule has 2 aromatic heterocycles. The molecule has 0 atom stereocenters. The molecule has 10 nitrogen and oxygen atoms in total. The van der Waals surface area contributed by atoms with Crippen molar-refractivity contribution < 1.29 is 13.9 Å². The van der Waals surface area contributed by atoms with Crippen LogP contribution in [0, 0.1) is 6.92 Å². The van der Waals surface area contributed by atoms with Gasteiger partial charge >= 0.3 is 0 Å². The second-order valence-corrected chi connectivity index (χ2v) is 7.69. The number of aryl methyl sites for hydroxylation is 1. The fourth-order valence-corrected chi connectivity index (χ4v) is 3.68. The van der Waals surface area contributed by atoms with Crippen molar-refractivity contribution in [3.05, 3.63) is 53.7 Å². The molecule has 0 saturated carbocycles. The normalized spacial score (nSPS) is 14.8. The lowest BCUT2D eigenvalue weighted by atomic mass is 10.0. The Morgan fingerprint density at radius 1 is 1.19 bits per heavy atom. The van der Waals surface area contributed by atoms with Crippen LogP contribution in [0.15, 0.2) is 40.8 Å². The Bertz CT molecular complexity index is 1080. The highest BCUT2D eigenvalue weighted by molar-refractivity contribution is 5.91. The maximum atomic E-state index is 12.3. The molecule has 0 radical (unpaired) electrons. The first-order chi connectivity index (χ1) is 15.5. The monoisotopic (exact) mass is 437 g/mol. The summed E-state index contributed by atoms with van der Waals surface area (Å²) in [5, 5.41) is 6.19. The van der Waals surface area contributed by atoms with E-state index < -0.39 is 0 Å². The molecule has 1 aliphatic heterocycles. The van der Waals surface area contributed by atoms with Crippen LogP contribution in [0.1, 0.15) is 35.0 Å². The lowest BCUT2D eigenvalue weighted by molar-refractivity contribution is 0.0879. The Balaban J connectivity index is 1.33. The van der Waals surface area contributed by atoms with Gasteiger partial charge in [0.2, 0.25) is 11.9 Å². The van der Waals surface area contributed by atoms with Crippen LogP contribution in [-0.4, -0.2) is 52.0 Å². The van der Waals surface area contributed by atoms with Crippen LogP contribution in [0.25, 0.3) is 0 Å². The number of piperidine rings is 1. The minimum absolute atomic E-state index is 0.107. The molecule has 32 heavy (non-hydrogen) atoms. The number of rotatable bonds is 7. The summed E-state index contributed by atoms with van der Waals surface area (Å²) in [6.07, 6.45) is 1.66. The number of hydrogen-bond acceptors (Lipinski definition) is 9. The molecule has 0 spiro atoms. The van der Waals surface area contributed by atoms with Gasteiger partial charge in [-0.05, 0) is 44.0 Å². The van der Waals surface area contributed by atoms with Crippen molar-refractivity contribution in [1.82, 2.24) is 25.2 Å². The number of para-hydroxylation sites is 2. The molecule has 1 aliphatic rings. The zero-order valence-corrected chi connectivity index (χ0v) is 18.2. The van der Waals surface area contributed by atoms with Crippen LogP contribution in [0.2, 0.25) is 0 Å². The highest BCUT2D eigenvalue weighted by atomic mass is 16.5. The van der Waals surface area contributed by atoms with E-state index in [1.54, 1.807) is 19.2 Å². The number of furan rings is 1. The molecule has 1 amide bonds. The lowest BCUT2D eigenvalue weighted by Gasteiger charge is -2.31. The van der Waals surface area contributed by atoms with Gasteiger partial charge in [0.1, 0.15) is 17.3 Å². The quantitative estimate of drug-likeness (QED) is 0.510. The third-order valence-corrected chi connectivity index (χ3v) is 5.30. The number of nitrogens with one attached hydrogen (secondary N) is 2. The standard InChI is InChI=1S/C22H27N7O3/c1-14-7-8-18(32-14)20(30)24-15-9-11-29(12-10-15)13-19-26-21(23)28-22(27-19)25-16-5-3-4-6-17(16)31-2/h3-8,15H,9-13H2,1-2H3,(H,24,30)(H3,23,25,26,27,28). The van der Waals surface area contributed by atoms with E-state index in [1.807, 2.05) is 31.2 Å². The number of nitrogen functional groups attached to an aromatic ring is 1. The highest BCUT2D eigenvalue weighted by Gasteiger charge is 2.23. The molecule has 168 valence electrons. The van der Waals surface area contributed by atoms with Crippen LogP contribution in [-0.2, 0) is 6.54 Å². The van der Waals surface area contributed by atoms with Crippen molar-refractivity contribution in [3.8, 4) is 5.75 Å². The smallest absolute Gasteiger partial charge is 0.287 e. The molecule has 10 heteroatoms. The Hall–Kier alpha value is -3.66. The van der Waals surface area contributed by atoms with Gasteiger partial charge < -0.3 is 25.5 Å². The van der Waals surface area contributed by atoms with Crippen molar-refractivity contribution >= 4 is 23.5 Å². The Labute approximate surface area is 186 Å². The van der Waals surface area contributed by atoms with Gasteiger partial charge in [0.05, 0.1) is 19.3 Å². The van der Waals surface area contributed by atoms with Crippen LogP contribution >= 0.6 is 0 Å². The molecular formula is C22H27N7O3. The van der Waals surface area contributed by atoms with E-state index >= 15 is 0 Å². The van der Waals surface area contributed by atoms with Crippen molar-refractivity contribution in [2.75, 3.05) is 31.2 Å². The van der Waals surface area contributed by atoms with E-state index in [4.69, 9.17) is 14.9 Å². The summed E-state index contributed by atoms with van der Waals surface area (Å²) >= 11 is 0. The van der Waals surface area contributed by atoms with Gasteiger partial charge in [-0.15, -0.1) is 0 Å². The summed E-state index contributed by atoms with van der Waals surface area (Å²) in [5.41, 5.74) is 6.66. The summed E-state index contributed by atoms with van der Waals surface area (Å²) in [5.74, 6) is 2.69. The lowest BCUT2D eigenvalue weighted by Crippen LogP contribution is -2.44. The molecule has 3 aromatic rings. The number of hydrogen-bond donors (Lipinski definition) is 3. The van der Waals surface area contributed by atoms with E-state index in [1.165, 1.54) is 0 Å². The van der Waals surface area contributed by atoms with Gasteiger partial charge in [0.15, 0.2) is 5.76 Å². The number of nitrogens with two attached hydrogens (primary N) is 1. The number of amides is 1. The number of likely N-dealkylation sites (tertiary alicyclic amines) is 1. The van der Waals surface area contributed by atoms with E-state index in [0.717, 1.165) is 37.4 Å². The van der Waals surface area contributed by atoms with Gasteiger partial charge in [-0.2, -0.15) is 15.0 Å². The molecule has 1 fully saturated rings. The fourth-order valence-electron chi connectivity index (χ4n) is 3.68. The van der Waals surface area contributed by atoms with Crippen molar-refractivity contribution in [2.45, 2.75) is 32.4 Å². The molecular weight excluding hydrogens is 410 g/mol. The van der Waals surface area contributed by atoms with E-state index in [-0.39, 0.29) is 17.9 Å². The van der Waals surface area contributed by atoms with E-state index in [9.17, 15) is 4.79 Å². The molecule has 3 heterocycles. The number of carbonyl (C=O) groups is 1. The maximum absolute atomic E-state index is 12.3. The third-order valence-electron chi connectivity index (χ3n) is 5.30. The van der Waals surface area contributed by atoms with Gasteiger partial charge in [0.25, 0.3) is 5.91 Å². The fraction of sp³-hybridized carbons (Fsp3) is 0.364. The second kappa shape index (κ2) is 9.65. The average molecular weight is 438 g/mol. The molecule has 1 aromatic carbocycles. The van der Waals surface area contributed by atoms with Gasteiger partial charge in [-0.1, -0.05) is 12.1 Å². The van der Waals surface area contributed by atoms with Crippen LogP contribution in [0.5, 0.6) is 5.75 Å². The molecule has 1 saturated heterocycles. The Morgan fingerprint density at radius 2 is 1.97 bits per heavy atom. The number of ether oxygens (including phenoxy) is 1. The molecule has 0 bridgehead atoms. The third kappa shape index (κ3) is 5.33. The second-order valence-electron chi connectivity index (χ2n) is 7.69. The van der Waals surface area contributed by atoms with E-state index in [0.29, 0.717) is 29.8 Å². The van der Waals surface area contributed by atoms with Gasteiger partial charge in [-0.3, -0.25) is 9.69 Å². The number of carbonyl (C=O) groups excluding carboxylic acids is 1. The number of nitrogens with zero attached hydrogens (tertiary/aromatic N) is 4. The average Bonchev–Trinajstić information content (AvgIpc) is 3.21. The maximum Gasteiger partial charge on any atom is 0.287 e. The van der Waals surface area contributed by atoms with Gasteiger partial charge in [0, 0.05) is 19.1 Å². The van der Waals surface area contributed by atoms with Crippen LogP contribution in [0.3, 0.4) is 0 Å². The summed E-state index contributed by atoms with van der Waals surface area (Å²) in [6, 6.07) is 11.1. The minimum Gasteiger partial charge on any atom is -0.495 e. The summed E-state index contributed by atoms with van der Waals surface area (Å²) in [7, 11) is 1.61. The molecule has 0 aliphatic carbocycles. The van der Waals surface area contributed by atoms with Crippen molar-refractivity contribution in [1.29, 1.82) is 0 Å². The highest BCUT2D eigenvalue weighted by Crippen LogP contribution is 2.25. The number of benzene rings is 1. The van der Waals surface area contributed by atoms with Crippen LogP contribution < -0.4 is 21.1 Å². The predicted octanol–water partition coefficient (Wildman–Crippen LogP) is 2.50. The van der Waals surface area contributed by atoms with Crippen molar-refractivity contribution in [3.63, 3.8) is 0 Å². The largest absolute Gasteiger partial charge is 0.495 e. The summed E-state index contributed by atoms with van der Waals surface area (Å²) in [4.78, 5) is 27.5. The first kappa shape index (κ1) is 21.6. The Morgan fingerprint density at radius 3 is 2.69 bits per heavy atom. The van der Waals surface area contributed by atoms with Crippen LogP contribution in [0.4, 0.5) is 17.6 Å². The first-order valence-electron chi connectivity index (χ1n) is 10.5. The number of aromatic nitrogens is 3.